The Morgan fingerprint density at radius 2 is 1.86 bits per heavy atom. The quantitative estimate of drug-likeness (QED) is 0.682. The number of hydrogen-bond donors (Lipinski definition) is 0. The topological polar surface area (TPSA) is 55.8 Å². The molecule has 1 rings (SSSR count). The molecule has 1 unspecified atom stereocenters. The van der Waals surface area contributed by atoms with Gasteiger partial charge in [-0.25, -0.2) is 0 Å². The zero-order valence-electron chi connectivity index (χ0n) is 12.9. The van der Waals surface area contributed by atoms with E-state index in [1.54, 1.807) is 25.8 Å². The fourth-order valence-corrected chi connectivity index (χ4v) is 1.76. The van der Waals surface area contributed by atoms with Crippen molar-refractivity contribution in [2.45, 2.75) is 26.3 Å². The van der Waals surface area contributed by atoms with Crippen molar-refractivity contribution in [1.29, 1.82) is 0 Å². The number of carbonyl (C=O) groups excluding carboxylic acids is 2. The number of likely N-dealkylation sites (N-methyl/N-ethyl adjacent to an activating group) is 1. The highest BCUT2D eigenvalue weighted by molar-refractivity contribution is 5.77. The number of rotatable bonds is 8. The third-order valence-electron chi connectivity index (χ3n) is 3.16. The molecule has 0 bridgehead atoms. The van der Waals surface area contributed by atoms with Gasteiger partial charge in [0.25, 0.3) is 0 Å². The second-order valence-electron chi connectivity index (χ2n) is 4.80. The van der Waals surface area contributed by atoms with Crippen molar-refractivity contribution in [3.8, 4) is 0 Å². The van der Waals surface area contributed by atoms with Crippen molar-refractivity contribution in [1.82, 2.24) is 4.90 Å². The second kappa shape index (κ2) is 9.13. The average molecular weight is 293 g/mol. The lowest BCUT2D eigenvalue weighted by Gasteiger charge is -2.22. The van der Waals surface area contributed by atoms with Crippen LogP contribution < -0.4 is 0 Å². The average Bonchev–Trinajstić information content (AvgIpc) is 2.47. The molecule has 5 heteroatoms. The van der Waals surface area contributed by atoms with Crippen LogP contribution in [0.15, 0.2) is 30.3 Å². The highest BCUT2D eigenvalue weighted by Gasteiger charge is 2.21. The van der Waals surface area contributed by atoms with E-state index in [0.717, 1.165) is 5.56 Å². The Labute approximate surface area is 125 Å². The molecule has 0 amide bonds. The van der Waals surface area contributed by atoms with Gasteiger partial charge in [-0.3, -0.25) is 14.5 Å². The van der Waals surface area contributed by atoms with Crippen LogP contribution in [0.4, 0.5) is 0 Å². The van der Waals surface area contributed by atoms with E-state index in [2.05, 4.69) is 0 Å². The molecular formula is C16H23NO4. The molecule has 0 saturated heterocycles. The van der Waals surface area contributed by atoms with E-state index in [1.807, 2.05) is 30.3 Å². The van der Waals surface area contributed by atoms with E-state index in [9.17, 15) is 9.59 Å². The van der Waals surface area contributed by atoms with Crippen LogP contribution in [0.25, 0.3) is 0 Å². The van der Waals surface area contributed by atoms with Crippen LogP contribution in [0.1, 0.15) is 19.4 Å². The first-order valence-corrected chi connectivity index (χ1v) is 7.11. The number of hydrogen-bond acceptors (Lipinski definition) is 5. The van der Waals surface area contributed by atoms with E-state index in [-0.39, 0.29) is 18.5 Å². The van der Waals surface area contributed by atoms with Gasteiger partial charge in [0.1, 0.15) is 6.04 Å². The number of benzene rings is 1. The van der Waals surface area contributed by atoms with Gasteiger partial charge in [-0.2, -0.15) is 0 Å². The van der Waals surface area contributed by atoms with E-state index < -0.39 is 6.04 Å². The molecular weight excluding hydrogens is 270 g/mol. The summed E-state index contributed by atoms with van der Waals surface area (Å²) >= 11 is 0. The number of carbonyl (C=O) groups is 2. The standard InChI is InChI=1S/C16H23NO4/c1-4-20-15(18)12-17(3)13(2)16(19)21-11-10-14-8-6-5-7-9-14/h5-9,13H,4,10-12H2,1-3H3. The summed E-state index contributed by atoms with van der Waals surface area (Å²) in [6, 6.07) is 9.35. The van der Waals surface area contributed by atoms with Crippen LogP contribution in [0.2, 0.25) is 0 Å². The van der Waals surface area contributed by atoms with Crippen molar-refractivity contribution >= 4 is 11.9 Å². The molecule has 116 valence electrons. The van der Waals surface area contributed by atoms with Crippen LogP contribution in [-0.2, 0) is 25.5 Å². The summed E-state index contributed by atoms with van der Waals surface area (Å²) in [7, 11) is 1.69. The highest BCUT2D eigenvalue weighted by Crippen LogP contribution is 2.03. The van der Waals surface area contributed by atoms with Gasteiger partial charge in [0.2, 0.25) is 0 Å². The summed E-state index contributed by atoms with van der Waals surface area (Å²) in [6.07, 6.45) is 0.681. The third kappa shape index (κ3) is 6.40. The highest BCUT2D eigenvalue weighted by atomic mass is 16.5. The first-order chi connectivity index (χ1) is 10.0. The Morgan fingerprint density at radius 3 is 2.48 bits per heavy atom. The van der Waals surface area contributed by atoms with Gasteiger partial charge < -0.3 is 9.47 Å². The maximum Gasteiger partial charge on any atom is 0.323 e. The zero-order chi connectivity index (χ0) is 15.7. The first kappa shape index (κ1) is 17.2. The lowest BCUT2D eigenvalue weighted by Crippen LogP contribution is -2.40. The van der Waals surface area contributed by atoms with Crippen molar-refractivity contribution in [2.24, 2.45) is 0 Å². The van der Waals surface area contributed by atoms with Crippen LogP contribution in [0.3, 0.4) is 0 Å². The van der Waals surface area contributed by atoms with Crippen LogP contribution in [0.5, 0.6) is 0 Å². The molecule has 1 atom stereocenters. The molecule has 0 aliphatic heterocycles. The van der Waals surface area contributed by atoms with Crippen LogP contribution >= 0.6 is 0 Å². The fraction of sp³-hybridized carbons (Fsp3) is 0.500. The maximum atomic E-state index is 11.9. The monoisotopic (exact) mass is 293 g/mol. The van der Waals surface area contributed by atoms with E-state index in [0.29, 0.717) is 19.6 Å². The minimum atomic E-state index is -0.481. The molecule has 0 radical (unpaired) electrons. The number of nitrogens with zero attached hydrogens (tertiary/aromatic N) is 1. The maximum absolute atomic E-state index is 11.9. The van der Waals surface area contributed by atoms with Crippen LogP contribution in [-0.4, -0.2) is 49.7 Å². The summed E-state index contributed by atoms with van der Waals surface area (Å²) in [6.45, 7) is 4.20. The Balaban J connectivity index is 2.31. The molecule has 0 N–H and O–H groups in total. The summed E-state index contributed by atoms with van der Waals surface area (Å²) < 4.78 is 10.1. The number of esters is 2. The van der Waals surface area contributed by atoms with Gasteiger partial charge in [0.15, 0.2) is 0 Å². The Morgan fingerprint density at radius 1 is 1.19 bits per heavy atom. The molecule has 0 fully saturated rings. The predicted octanol–water partition coefficient (Wildman–Crippen LogP) is 1.66. The summed E-state index contributed by atoms with van der Waals surface area (Å²) in [5, 5.41) is 0. The lowest BCUT2D eigenvalue weighted by atomic mass is 10.2. The van der Waals surface area contributed by atoms with Gasteiger partial charge in [0, 0.05) is 6.42 Å². The Kier molecular flexibility index (Phi) is 7.46. The fourth-order valence-electron chi connectivity index (χ4n) is 1.76. The normalized spacial score (nSPS) is 12.0. The van der Waals surface area contributed by atoms with Gasteiger partial charge in [-0.15, -0.1) is 0 Å². The molecule has 1 aromatic carbocycles. The van der Waals surface area contributed by atoms with E-state index in [4.69, 9.17) is 9.47 Å². The molecule has 0 aliphatic rings. The zero-order valence-corrected chi connectivity index (χ0v) is 12.9. The summed E-state index contributed by atoms with van der Waals surface area (Å²) in [5.41, 5.74) is 1.12. The van der Waals surface area contributed by atoms with Crippen molar-refractivity contribution in [2.75, 3.05) is 26.8 Å². The van der Waals surface area contributed by atoms with Gasteiger partial charge in [0.05, 0.1) is 19.8 Å². The van der Waals surface area contributed by atoms with Gasteiger partial charge in [-0.1, -0.05) is 30.3 Å². The predicted molar refractivity (Wildman–Crippen MR) is 79.8 cm³/mol. The molecule has 0 saturated carbocycles. The van der Waals surface area contributed by atoms with Crippen molar-refractivity contribution < 1.29 is 19.1 Å². The van der Waals surface area contributed by atoms with Crippen LogP contribution in [0, 0.1) is 0 Å². The van der Waals surface area contributed by atoms with E-state index >= 15 is 0 Å². The minimum absolute atomic E-state index is 0.0722. The molecule has 21 heavy (non-hydrogen) atoms. The minimum Gasteiger partial charge on any atom is -0.465 e. The third-order valence-corrected chi connectivity index (χ3v) is 3.16. The van der Waals surface area contributed by atoms with Gasteiger partial charge >= 0.3 is 11.9 Å². The summed E-state index contributed by atoms with van der Waals surface area (Å²) in [5.74, 6) is -0.679. The molecule has 0 heterocycles. The molecule has 5 nitrogen and oxygen atoms in total. The largest absolute Gasteiger partial charge is 0.465 e. The second-order valence-corrected chi connectivity index (χ2v) is 4.80. The number of ether oxygens (including phenoxy) is 2. The smallest absolute Gasteiger partial charge is 0.323 e. The van der Waals surface area contributed by atoms with Crippen molar-refractivity contribution in [3.63, 3.8) is 0 Å². The first-order valence-electron chi connectivity index (χ1n) is 7.11. The van der Waals surface area contributed by atoms with E-state index in [1.165, 1.54) is 0 Å². The molecule has 0 spiro atoms. The summed E-state index contributed by atoms with van der Waals surface area (Å²) in [4.78, 5) is 24.9. The molecule has 1 aromatic rings. The molecule has 0 aliphatic carbocycles. The van der Waals surface area contributed by atoms with Gasteiger partial charge in [-0.05, 0) is 26.5 Å². The Bertz CT molecular complexity index is 447. The molecule has 0 aromatic heterocycles. The van der Waals surface area contributed by atoms with Crippen molar-refractivity contribution in [3.05, 3.63) is 35.9 Å². The lowest BCUT2D eigenvalue weighted by molar-refractivity contribution is -0.151. The SMILES string of the molecule is CCOC(=O)CN(C)C(C)C(=O)OCCc1ccccc1. The Hall–Kier alpha value is -1.88.